The number of para-hydroxylation sites is 1. The van der Waals surface area contributed by atoms with Gasteiger partial charge in [0.25, 0.3) is 5.76 Å². The Hall–Kier alpha value is -3.75. The van der Waals surface area contributed by atoms with Gasteiger partial charge in [0.2, 0.25) is 11.2 Å². The van der Waals surface area contributed by atoms with Crippen molar-refractivity contribution in [2.75, 3.05) is 0 Å². The molecule has 0 atom stereocenters. The molecule has 0 unspecified atom stereocenters. The second-order valence-electron chi connectivity index (χ2n) is 5.83. The van der Waals surface area contributed by atoms with Gasteiger partial charge in [-0.15, -0.1) is 0 Å². The third-order valence-electron chi connectivity index (χ3n) is 3.89. The predicted octanol–water partition coefficient (Wildman–Crippen LogP) is 4.50. The largest absolute Gasteiger partial charge is 0.508 e. The fourth-order valence-corrected chi connectivity index (χ4v) is 2.64. The summed E-state index contributed by atoms with van der Waals surface area (Å²) < 4.78 is 51.8. The molecule has 0 amide bonds. The zero-order valence-corrected chi connectivity index (χ0v) is 14.0. The Balaban J connectivity index is 1.82. The van der Waals surface area contributed by atoms with Gasteiger partial charge in [0.05, 0.1) is 23.5 Å². The van der Waals surface area contributed by atoms with Gasteiger partial charge in [-0.1, -0.05) is 18.2 Å². The summed E-state index contributed by atoms with van der Waals surface area (Å²) in [5, 5.41) is 13.3. The van der Waals surface area contributed by atoms with Gasteiger partial charge in [-0.3, -0.25) is 4.79 Å². The number of fused-ring (bicyclic) bond motifs is 1. The molecule has 0 aliphatic carbocycles. The molecule has 1 N–H and O–H groups in total. The molecule has 0 bridgehead atoms. The molecule has 0 aliphatic rings. The number of phenolic OH excluding ortho intramolecular Hbond substituents is 1. The van der Waals surface area contributed by atoms with E-state index in [0.717, 1.165) is 12.1 Å². The van der Waals surface area contributed by atoms with Crippen LogP contribution in [0, 0.1) is 0 Å². The molecule has 0 aliphatic heterocycles. The van der Waals surface area contributed by atoms with E-state index in [4.69, 9.17) is 9.15 Å². The van der Waals surface area contributed by atoms with Crippen LogP contribution in [0.2, 0.25) is 0 Å². The van der Waals surface area contributed by atoms with Crippen LogP contribution in [-0.4, -0.2) is 14.9 Å². The van der Waals surface area contributed by atoms with Crippen molar-refractivity contribution >= 4 is 11.0 Å². The zero-order valence-electron chi connectivity index (χ0n) is 14.0. The lowest BCUT2D eigenvalue weighted by Gasteiger charge is -2.12. The lowest BCUT2D eigenvalue weighted by atomic mass is 10.2. The molecule has 28 heavy (non-hydrogen) atoms. The summed E-state index contributed by atoms with van der Waals surface area (Å²) in [5.74, 6) is -3.00. The fraction of sp³-hybridized carbons (Fsp3) is 0.0526. The summed E-state index contributed by atoms with van der Waals surface area (Å²) in [7, 11) is 0. The Bertz CT molecular complexity index is 1210. The molecule has 2 heterocycles. The summed E-state index contributed by atoms with van der Waals surface area (Å²) in [6, 6.07) is 12.1. The van der Waals surface area contributed by atoms with Crippen LogP contribution in [0.4, 0.5) is 13.2 Å². The van der Waals surface area contributed by atoms with Gasteiger partial charge >= 0.3 is 6.18 Å². The Labute approximate surface area is 155 Å². The number of aromatic hydroxyl groups is 1. The van der Waals surface area contributed by atoms with Crippen molar-refractivity contribution in [2.45, 2.75) is 6.18 Å². The maximum Gasteiger partial charge on any atom is 0.453 e. The van der Waals surface area contributed by atoms with Gasteiger partial charge in [0.15, 0.2) is 5.75 Å². The minimum absolute atomic E-state index is 0.0696. The number of benzene rings is 2. The minimum atomic E-state index is -4.98. The van der Waals surface area contributed by atoms with E-state index in [1.807, 2.05) is 0 Å². The maximum atomic E-state index is 13.4. The summed E-state index contributed by atoms with van der Waals surface area (Å²) in [6.07, 6.45) is -2.45. The SMILES string of the molecule is O=c1c(Oc2cnn(-c3ccccc3)c2)c(C(F)(F)F)oc2cc(O)ccc12. The van der Waals surface area contributed by atoms with Crippen LogP contribution >= 0.6 is 0 Å². The van der Waals surface area contributed by atoms with Crippen molar-refractivity contribution in [1.82, 2.24) is 9.78 Å². The number of aromatic nitrogens is 2. The normalized spacial score (nSPS) is 11.7. The second kappa shape index (κ2) is 6.45. The smallest absolute Gasteiger partial charge is 0.453 e. The van der Waals surface area contributed by atoms with E-state index in [9.17, 15) is 23.1 Å². The number of hydrogen-bond acceptors (Lipinski definition) is 5. The van der Waals surface area contributed by atoms with Crippen LogP contribution in [0.15, 0.2) is 70.1 Å². The second-order valence-corrected chi connectivity index (χ2v) is 5.83. The molecule has 2 aromatic heterocycles. The van der Waals surface area contributed by atoms with Crippen molar-refractivity contribution in [3.63, 3.8) is 0 Å². The Morgan fingerprint density at radius 2 is 1.86 bits per heavy atom. The summed E-state index contributed by atoms with van der Waals surface area (Å²) in [5.41, 5.74) is -0.750. The van der Waals surface area contributed by atoms with Gasteiger partial charge < -0.3 is 14.3 Å². The van der Waals surface area contributed by atoms with E-state index in [0.29, 0.717) is 5.69 Å². The standard InChI is InChI=1S/C19H11F3N2O4/c20-19(21,22)18-17(16(26)14-7-6-12(25)8-15(14)28-18)27-13-9-23-24(10-13)11-4-2-1-3-5-11/h1-10,25H. The predicted molar refractivity (Wildman–Crippen MR) is 92.8 cm³/mol. The highest BCUT2D eigenvalue weighted by atomic mass is 19.4. The first-order chi connectivity index (χ1) is 13.3. The molecule has 2 aromatic carbocycles. The quantitative estimate of drug-likeness (QED) is 0.559. The third kappa shape index (κ3) is 3.18. The average molecular weight is 388 g/mol. The third-order valence-corrected chi connectivity index (χ3v) is 3.89. The number of ether oxygens (including phenoxy) is 1. The molecule has 0 saturated carbocycles. The zero-order chi connectivity index (χ0) is 19.9. The van der Waals surface area contributed by atoms with E-state index in [1.165, 1.54) is 23.1 Å². The number of hydrogen-bond donors (Lipinski definition) is 1. The van der Waals surface area contributed by atoms with Gasteiger partial charge in [-0.25, -0.2) is 4.68 Å². The van der Waals surface area contributed by atoms with E-state index >= 15 is 0 Å². The van der Waals surface area contributed by atoms with Crippen molar-refractivity contribution in [3.8, 4) is 22.9 Å². The van der Waals surface area contributed by atoms with E-state index in [-0.39, 0.29) is 16.9 Å². The number of halogens is 3. The molecule has 0 fully saturated rings. The molecule has 9 heteroatoms. The van der Waals surface area contributed by atoms with Crippen molar-refractivity contribution < 1.29 is 27.4 Å². The highest BCUT2D eigenvalue weighted by molar-refractivity contribution is 5.79. The Morgan fingerprint density at radius 1 is 1.11 bits per heavy atom. The molecule has 4 aromatic rings. The lowest BCUT2D eigenvalue weighted by Crippen LogP contribution is -2.15. The first-order valence-corrected chi connectivity index (χ1v) is 7.98. The summed E-state index contributed by atoms with van der Waals surface area (Å²) >= 11 is 0. The van der Waals surface area contributed by atoms with Crippen LogP contribution in [0.1, 0.15) is 5.76 Å². The van der Waals surface area contributed by atoms with Crippen molar-refractivity contribution in [1.29, 1.82) is 0 Å². The summed E-state index contributed by atoms with van der Waals surface area (Å²) in [6.45, 7) is 0. The first kappa shape index (κ1) is 17.7. The van der Waals surface area contributed by atoms with E-state index in [1.54, 1.807) is 30.3 Å². The molecule has 0 saturated heterocycles. The average Bonchev–Trinajstić information content (AvgIpc) is 3.12. The highest BCUT2D eigenvalue weighted by Crippen LogP contribution is 2.38. The van der Waals surface area contributed by atoms with Crippen molar-refractivity contribution in [2.24, 2.45) is 0 Å². The highest BCUT2D eigenvalue weighted by Gasteiger charge is 2.40. The van der Waals surface area contributed by atoms with Gasteiger partial charge in [0.1, 0.15) is 11.3 Å². The number of nitrogens with zero attached hydrogens (tertiary/aromatic N) is 2. The molecule has 142 valence electrons. The van der Waals surface area contributed by atoms with Crippen LogP contribution < -0.4 is 10.2 Å². The topological polar surface area (TPSA) is 77.5 Å². The molecule has 0 spiro atoms. The fourth-order valence-electron chi connectivity index (χ4n) is 2.64. The van der Waals surface area contributed by atoms with E-state index < -0.39 is 28.7 Å². The minimum Gasteiger partial charge on any atom is -0.508 e. The van der Waals surface area contributed by atoms with E-state index in [2.05, 4.69) is 5.10 Å². The number of alkyl halides is 3. The monoisotopic (exact) mass is 388 g/mol. The van der Waals surface area contributed by atoms with Gasteiger partial charge in [0, 0.05) is 6.07 Å². The van der Waals surface area contributed by atoms with Crippen LogP contribution in [-0.2, 0) is 6.18 Å². The van der Waals surface area contributed by atoms with Crippen LogP contribution in [0.5, 0.6) is 17.2 Å². The molecule has 6 nitrogen and oxygen atoms in total. The molecule has 0 radical (unpaired) electrons. The number of rotatable bonds is 3. The molecular formula is C19H11F3N2O4. The van der Waals surface area contributed by atoms with Gasteiger partial charge in [-0.2, -0.15) is 18.3 Å². The van der Waals surface area contributed by atoms with Crippen molar-refractivity contribution in [3.05, 3.63) is 76.9 Å². The molecular weight excluding hydrogens is 377 g/mol. The summed E-state index contributed by atoms with van der Waals surface area (Å²) in [4.78, 5) is 12.6. The molecule has 4 rings (SSSR count). The Kier molecular flexibility index (Phi) is 4.07. The Morgan fingerprint density at radius 3 is 2.57 bits per heavy atom. The van der Waals surface area contributed by atoms with Crippen LogP contribution in [0.25, 0.3) is 16.7 Å². The van der Waals surface area contributed by atoms with Crippen LogP contribution in [0.3, 0.4) is 0 Å². The lowest BCUT2D eigenvalue weighted by molar-refractivity contribution is -0.154. The first-order valence-electron chi connectivity index (χ1n) is 7.98. The number of phenols is 1. The van der Waals surface area contributed by atoms with Gasteiger partial charge in [-0.05, 0) is 24.3 Å². The maximum absolute atomic E-state index is 13.4.